The van der Waals surface area contributed by atoms with E-state index in [0.29, 0.717) is 17.9 Å². The molecule has 0 saturated heterocycles. The third-order valence-corrected chi connectivity index (χ3v) is 6.97. The number of para-hydroxylation sites is 1. The number of aryl methyl sites for hydroxylation is 2. The zero-order valence-electron chi connectivity index (χ0n) is 16.6. The number of carbonyl (C=O) groups excluding carboxylic acids is 1. The number of rotatable bonds is 4. The number of hydrogen-bond donors (Lipinski definition) is 2. The fourth-order valence-electron chi connectivity index (χ4n) is 3.59. The van der Waals surface area contributed by atoms with Crippen LogP contribution in [0, 0.1) is 6.92 Å². The number of benzene rings is 3. The molecule has 3 aromatic carbocycles. The van der Waals surface area contributed by atoms with Crippen LogP contribution < -0.4 is 14.9 Å². The third kappa shape index (κ3) is 4.02. The molecule has 1 heterocycles. The van der Waals surface area contributed by atoms with E-state index < -0.39 is 10.0 Å². The van der Waals surface area contributed by atoms with Crippen LogP contribution in [-0.4, -0.2) is 21.0 Å². The number of amides is 2. The quantitative estimate of drug-likeness (QED) is 0.636. The first kappa shape index (κ1) is 20.0. The summed E-state index contributed by atoms with van der Waals surface area (Å²) in [5.74, 6) is 0. The van der Waals surface area contributed by atoms with Crippen LogP contribution in [-0.2, 0) is 16.4 Å². The number of fused-ring (bicyclic) bond motifs is 1. The molecule has 30 heavy (non-hydrogen) atoms. The summed E-state index contributed by atoms with van der Waals surface area (Å²) in [6.45, 7) is 2.32. The van der Waals surface area contributed by atoms with Crippen LogP contribution in [0.5, 0.6) is 0 Å². The highest BCUT2D eigenvalue weighted by Gasteiger charge is 2.29. The molecule has 4 rings (SSSR count). The van der Waals surface area contributed by atoms with Crippen LogP contribution in [0.3, 0.4) is 0 Å². The molecule has 6 nitrogen and oxygen atoms in total. The van der Waals surface area contributed by atoms with Gasteiger partial charge in [-0.25, -0.2) is 13.2 Å². The molecule has 0 aromatic heterocycles. The molecule has 1 aliphatic rings. The molecule has 0 radical (unpaired) electrons. The molecule has 154 valence electrons. The van der Waals surface area contributed by atoms with Gasteiger partial charge in [-0.1, -0.05) is 42.5 Å². The van der Waals surface area contributed by atoms with E-state index in [0.717, 1.165) is 29.7 Å². The second kappa shape index (κ2) is 8.20. The largest absolute Gasteiger partial charge is 0.323 e. The molecule has 7 heteroatoms. The summed E-state index contributed by atoms with van der Waals surface area (Å²) in [4.78, 5) is 12.7. The number of urea groups is 1. The SMILES string of the molecule is Cc1ccccc1NC(=O)Nc1ccc2c(c1)N(S(=O)(=O)c1ccccc1)CCC2. The van der Waals surface area contributed by atoms with Crippen LogP contribution >= 0.6 is 0 Å². The minimum atomic E-state index is -3.67. The Morgan fingerprint density at radius 1 is 0.933 bits per heavy atom. The van der Waals surface area contributed by atoms with Gasteiger partial charge >= 0.3 is 6.03 Å². The minimum absolute atomic E-state index is 0.258. The van der Waals surface area contributed by atoms with Crippen LogP contribution in [0.15, 0.2) is 77.7 Å². The van der Waals surface area contributed by atoms with Gasteiger partial charge in [0.15, 0.2) is 0 Å². The summed E-state index contributed by atoms with van der Waals surface area (Å²) in [6.07, 6.45) is 1.55. The summed E-state index contributed by atoms with van der Waals surface area (Å²) in [5, 5.41) is 5.63. The molecule has 2 amide bonds. The van der Waals surface area contributed by atoms with Crippen molar-refractivity contribution >= 4 is 33.1 Å². The van der Waals surface area contributed by atoms with Gasteiger partial charge in [0.1, 0.15) is 0 Å². The summed E-state index contributed by atoms with van der Waals surface area (Å²) in [6, 6.07) is 21.0. The summed E-state index contributed by atoms with van der Waals surface area (Å²) < 4.78 is 27.8. The van der Waals surface area contributed by atoms with Gasteiger partial charge in [0.25, 0.3) is 10.0 Å². The van der Waals surface area contributed by atoms with Crippen molar-refractivity contribution in [2.24, 2.45) is 0 Å². The number of anilines is 3. The van der Waals surface area contributed by atoms with Gasteiger partial charge in [0.05, 0.1) is 10.6 Å². The van der Waals surface area contributed by atoms with Crippen molar-refractivity contribution in [1.29, 1.82) is 0 Å². The first-order valence-electron chi connectivity index (χ1n) is 9.79. The first-order chi connectivity index (χ1) is 14.4. The lowest BCUT2D eigenvalue weighted by molar-refractivity contribution is 0.262. The standard InChI is InChI=1S/C23H23N3O3S/c1-17-8-5-6-12-21(17)25-23(27)24-19-14-13-18-9-7-15-26(22(18)16-19)30(28,29)20-10-3-2-4-11-20/h2-6,8,10-14,16H,7,9,15H2,1H3,(H2,24,25,27). The van der Waals surface area contributed by atoms with Crippen molar-refractivity contribution in [3.05, 3.63) is 83.9 Å². The molecule has 2 N–H and O–H groups in total. The van der Waals surface area contributed by atoms with E-state index in [1.54, 1.807) is 42.5 Å². The lowest BCUT2D eigenvalue weighted by Crippen LogP contribution is -2.35. The van der Waals surface area contributed by atoms with E-state index in [1.807, 2.05) is 37.3 Å². The zero-order valence-corrected chi connectivity index (χ0v) is 17.4. The number of hydrogen-bond acceptors (Lipinski definition) is 3. The average molecular weight is 422 g/mol. The predicted octanol–water partition coefficient (Wildman–Crippen LogP) is 4.78. The summed E-state index contributed by atoms with van der Waals surface area (Å²) in [7, 11) is -3.67. The summed E-state index contributed by atoms with van der Waals surface area (Å²) in [5.41, 5.74) is 3.78. The van der Waals surface area contributed by atoms with Crippen LogP contribution in [0.4, 0.5) is 21.9 Å². The highest BCUT2D eigenvalue weighted by Crippen LogP contribution is 2.34. The van der Waals surface area contributed by atoms with E-state index in [9.17, 15) is 13.2 Å². The maximum Gasteiger partial charge on any atom is 0.323 e. The Balaban J connectivity index is 1.60. The Kier molecular flexibility index (Phi) is 5.46. The van der Waals surface area contributed by atoms with E-state index in [-0.39, 0.29) is 10.9 Å². The Hall–Kier alpha value is -3.32. The molecule has 3 aromatic rings. The molecular weight excluding hydrogens is 398 g/mol. The molecule has 0 spiro atoms. The fourth-order valence-corrected chi connectivity index (χ4v) is 5.14. The van der Waals surface area contributed by atoms with E-state index in [2.05, 4.69) is 10.6 Å². The third-order valence-electron chi connectivity index (χ3n) is 5.14. The van der Waals surface area contributed by atoms with Crippen molar-refractivity contribution in [2.75, 3.05) is 21.5 Å². The van der Waals surface area contributed by atoms with Gasteiger partial charge in [-0.3, -0.25) is 4.31 Å². The van der Waals surface area contributed by atoms with Crippen LogP contribution in [0.1, 0.15) is 17.5 Å². The molecule has 0 atom stereocenters. The monoisotopic (exact) mass is 421 g/mol. The normalized spacial score (nSPS) is 13.4. The molecule has 0 aliphatic carbocycles. The van der Waals surface area contributed by atoms with Crippen molar-refractivity contribution in [3.63, 3.8) is 0 Å². The van der Waals surface area contributed by atoms with Crippen LogP contribution in [0.2, 0.25) is 0 Å². The van der Waals surface area contributed by atoms with Gasteiger partial charge in [-0.15, -0.1) is 0 Å². The highest BCUT2D eigenvalue weighted by molar-refractivity contribution is 7.92. The Labute approximate surface area is 176 Å². The van der Waals surface area contributed by atoms with E-state index in [1.165, 1.54) is 4.31 Å². The molecule has 1 aliphatic heterocycles. The van der Waals surface area contributed by atoms with Gasteiger partial charge in [0.2, 0.25) is 0 Å². The molecular formula is C23H23N3O3S. The van der Waals surface area contributed by atoms with Gasteiger partial charge in [0, 0.05) is 17.9 Å². The number of sulfonamides is 1. The minimum Gasteiger partial charge on any atom is -0.308 e. The van der Waals surface area contributed by atoms with Gasteiger partial charge < -0.3 is 10.6 Å². The van der Waals surface area contributed by atoms with Crippen molar-refractivity contribution in [3.8, 4) is 0 Å². The molecule has 0 bridgehead atoms. The van der Waals surface area contributed by atoms with Crippen LogP contribution in [0.25, 0.3) is 0 Å². The zero-order chi connectivity index (χ0) is 21.1. The van der Waals surface area contributed by atoms with E-state index >= 15 is 0 Å². The topological polar surface area (TPSA) is 78.5 Å². The number of nitrogens with zero attached hydrogens (tertiary/aromatic N) is 1. The second-order valence-electron chi connectivity index (χ2n) is 7.23. The van der Waals surface area contributed by atoms with Gasteiger partial charge in [-0.05, 0) is 61.2 Å². The Morgan fingerprint density at radius 3 is 2.43 bits per heavy atom. The lowest BCUT2D eigenvalue weighted by Gasteiger charge is -2.31. The predicted molar refractivity (Wildman–Crippen MR) is 120 cm³/mol. The maximum absolute atomic E-state index is 13.2. The molecule has 0 fully saturated rings. The number of nitrogens with one attached hydrogen (secondary N) is 2. The van der Waals surface area contributed by atoms with Crippen molar-refractivity contribution in [1.82, 2.24) is 0 Å². The smallest absolute Gasteiger partial charge is 0.308 e. The van der Waals surface area contributed by atoms with Gasteiger partial charge in [-0.2, -0.15) is 0 Å². The lowest BCUT2D eigenvalue weighted by atomic mass is 10.0. The number of carbonyl (C=O) groups is 1. The Morgan fingerprint density at radius 2 is 1.67 bits per heavy atom. The van der Waals surface area contributed by atoms with Crippen molar-refractivity contribution < 1.29 is 13.2 Å². The maximum atomic E-state index is 13.2. The van der Waals surface area contributed by atoms with Crippen molar-refractivity contribution in [2.45, 2.75) is 24.7 Å². The summed E-state index contributed by atoms with van der Waals surface area (Å²) >= 11 is 0. The molecule has 0 unspecified atom stereocenters. The second-order valence-corrected chi connectivity index (χ2v) is 9.09. The highest BCUT2D eigenvalue weighted by atomic mass is 32.2. The fraction of sp³-hybridized carbons (Fsp3) is 0.174. The average Bonchev–Trinajstić information content (AvgIpc) is 2.75. The Bertz CT molecular complexity index is 1180. The molecule has 0 saturated carbocycles. The van der Waals surface area contributed by atoms with E-state index in [4.69, 9.17) is 0 Å². The first-order valence-corrected chi connectivity index (χ1v) is 11.2.